The van der Waals surface area contributed by atoms with Crippen molar-refractivity contribution in [1.82, 2.24) is 30.8 Å². The van der Waals surface area contributed by atoms with Gasteiger partial charge in [-0.2, -0.15) is 4.68 Å². The Bertz CT molecular complexity index is 866. The summed E-state index contributed by atoms with van der Waals surface area (Å²) in [5.74, 6) is 0. The number of piperidine rings is 1. The van der Waals surface area contributed by atoms with Gasteiger partial charge in [-0.15, -0.1) is 5.10 Å². The molecule has 0 spiro atoms. The summed E-state index contributed by atoms with van der Waals surface area (Å²) >= 11 is 1.54. The number of rotatable bonds is 6. The summed E-state index contributed by atoms with van der Waals surface area (Å²) in [7, 11) is 0. The fourth-order valence-corrected chi connectivity index (χ4v) is 4.07. The number of aromatic nitrogens is 4. The van der Waals surface area contributed by atoms with E-state index in [2.05, 4.69) is 74.7 Å². The highest BCUT2D eigenvalue weighted by atomic mass is 32.2. The third kappa shape index (κ3) is 4.21. The lowest BCUT2D eigenvalue weighted by Crippen LogP contribution is -2.45. The molecule has 0 amide bonds. The van der Waals surface area contributed by atoms with Crippen molar-refractivity contribution in [3.8, 4) is 5.69 Å². The topological polar surface area (TPSA) is 67.7 Å². The van der Waals surface area contributed by atoms with Crippen LogP contribution in [0.3, 0.4) is 0 Å². The SMILES string of the molecule is CSc1nnnn1-c1cccc(CN[C@@H]2CCCN[C@@H]2c2ccccc2)c1. The molecule has 1 aromatic heterocycles. The lowest BCUT2D eigenvalue weighted by Gasteiger charge is -2.34. The molecule has 3 aromatic rings. The smallest absolute Gasteiger partial charge is 0.213 e. The van der Waals surface area contributed by atoms with Crippen LogP contribution in [0.15, 0.2) is 59.8 Å². The first-order chi connectivity index (χ1) is 13.3. The van der Waals surface area contributed by atoms with Gasteiger partial charge in [-0.3, -0.25) is 0 Å². The van der Waals surface area contributed by atoms with Crippen molar-refractivity contribution in [2.45, 2.75) is 36.6 Å². The number of hydrogen-bond donors (Lipinski definition) is 2. The van der Waals surface area contributed by atoms with Crippen molar-refractivity contribution in [2.75, 3.05) is 12.8 Å². The highest BCUT2D eigenvalue weighted by molar-refractivity contribution is 7.98. The van der Waals surface area contributed by atoms with Crippen LogP contribution in [0.2, 0.25) is 0 Å². The Balaban J connectivity index is 1.47. The molecule has 4 rings (SSSR count). The summed E-state index contributed by atoms with van der Waals surface area (Å²) in [4.78, 5) is 0. The molecular formula is C20H24N6S. The summed E-state index contributed by atoms with van der Waals surface area (Å²) in [5, 5.41) is 20.2. The summed E-state index contributed by atoms with van der Waals surface area (Å²) in [6, 6.07) is 19.9. The van der Waals surface area contributed by atoms with E-state index < -0.39 is 0 Å². The minimum absolute atomic E-state index is 0.353. The number of thioether (sulfide) groups is 1. The Morgan fingerprint density at radius 2 is 2.07 bits per heavy atom. The first-order valence-corrected chi connectivity index (χ1v) is 10.5. The monoisotopic (exact) mass is 380 g/mol. The van der Waals surface area contributed by atoms with Gasteiger partial charge < -0.3 is 10.6 Å². The van der Waals surface area contributed by atoms with Crippen LogP contribution in [-0.4, -0.2) is 39.0 Å². The van der Waals surface area contributed by atoms with Crippen LogP contribution in [0.1, 0.15) is 30.0 Å². The Morgan fingerprint density at radius 3 is 2.93 bits per heavy atom. The van der Waals surface area contributed by atoms with Crippen LogP contribution in [0.25, 0.3) is 5.69 Å². The van der Waals surface area contributed by atoms with Crippen molar-refractivity contribution in [2.24, 2.45) is 0 Å². The van der Waals surface area contributed by atoms with Crippen LogP contribution in [0.4, 0.5) is 0 Å². The molecule has 0 saturated carbocycles. The zero-order valence-corrected chi connectivity index (χ0v) is 16.2. The fraction of sp³-hybridized carbons (Fsp3) is 0.350. The minimum Gasteiger partial charge on any atom is -0.309 e. The number of hydrogen-bond acceptors (Lipinski definition) is 6. The summed E-state index contributed by atoms with van der Waals surface area (Å²) < 4.78 is 1.78. The average Bonchev–Trinajstić information content (AvgIpc) is 3.22. The van der Waals surface area contributed by atoms with Crippen molar-refractivity contribution < 1.29 is 0 Å². The second kappa shape index (κ2) is 8.65. The molecule has 1 saturated heterocycles. The van der Waals surface area contributed by atoms with E-state index in [1.165, 1.54) is 35.7 Å². The first-order valence-electron chi connectivity index (χ1n) is 9.28. The molecule has 6 nitrogen and oxygen atoms in total. The van der Waals surface area contributed by atoms with E-state index in [0.29, 0.717) is 12.1 Å². The summed E-state index contributed by atoms with van der Waals surface area (Å²) in [6.45, 7) is 1.89. The molecule has 0 bridgehead atoms. The van der Waals surface area contributed by atoms with Crippen molar-refractivity contribution in [3.05, 3.63) is 65.7 Å². The number of tetrazole rings is 1. The minimum atomic E-state index is 0.353. The van der Waals surface area contributed by atoms with Crippen LogP contribution in [0.5, 0.6) is 0 Å². The molecular weight excluding hydrogens is 356 g/mol. The molecule has 0 aliphatic carbocycles. The maximum Gasteiger partial charge on any atom is 0.213 e. The number of nitrogens with one attached hydrogen (secondary N) is 2. The Labute approximate surface area is 163 Å². The number of benzene rings is 2. The van der Waals surface area contributed by atoms with Gasteiger partial charge in [-0.25, -0.2) is 0 Å². The van der Waals surface area contributed by atoms with Crippen molar-refractivity contribution in [3.63, 3.8) is 0 Å². The Hall–Kier alpha value is -2.22. The normalized spacial score (nSPS) is 19.9. The second-order valence-electron chi connectivity index (χ2n) is 6.72. The molecule has 0 radical (unpaired) electrons. The van der Waals surface area contributed by atoms with Crippen LogP contribution >= 0.6 is 11.8 Å². The molecule has 1 aliphatic rings. The average molecular weight is 381 g/mol. The standard InChI is InChI=1S/C20H24N6S/c1-27-20-23-24-25-26(20)17-10-5-7-15(13-17)14-22-18-11-6-12-21-19(18)16-8-3-2-4-9-16/h2-5,7-10,13,18-19,21-22H,6,11-12,14H2,1H3/t18-,19-/m1/s1. The lowest BCUT2D eigenvalue weighted by atomic mass is 9.92. The third-order valence-corrected chi connectivity index (χ3v) is 5.58. The maximum atomic E-state index is 4.10. The van der Waals surface area contributed by atoms with Gasteiger partial charge in [0.2, 0.25) is 5.16 Å². The lowest BCUT2D eigenvalue weighted by molar-refractivity contribution is 0.304. The van der Waals surface area contributed by atoms with Crippen LogP contribution in [0, 0.1) is 0 Å². The second-order valence-corrected chi connectivity index (χ2v) is 7.49. The van der Waals surface area contributed by atoms with E-state index >= 15 is 0 Å². The van der Waals surface area contributed by atoms with Gasteiger partial charge in [-0.05, 0) is 59.3 Å². The van der Waals surface area contributed by atoms with E-state index in [4.69, 9.17) is 0 Å². The first kappa shape index (κ1) is 18.2. The molecule has 7 heteroatoms. The van der Waals surface area contributed by atoms with Gasteiger partial charge in [0.15, 0.2) is 0 Å². The fourth-order valence-electron chi connectivity index (χ4n) is 3.63. The van der Waals surface area contributed by atoms with Gasteiger partial charge in [-0.1, -0.05) is 54.2 Å². The predicted octanol–water partition coefficient (Wildman–Crippen LogP) is 2.97. The summed E-state index contributed by atoms with van der Waals surface area (Å²) in [6.07, 6.45) is 4.35. The molecule has 2 heterocycles. The highest BCUT2D eigenvalue weighted by Gasteiger charge is 2.25. The van der Waals surface area contributed by atoms with Crippen LogP contribution in [-0.2, 0) is 6.54 Å². The molecule has 140 valence electrons. The maximum absolute atomic E-state index is 4.10. The van der Waals surface area contributed by atoms with Gasteiger partial charge in [0.1, 0.15) is 0 Å². The Kier molecular flexibility index (Phi) is 5.81. The quantitative estimate of drug-likeness (QED) is 0.641. The van der Waals surface area contributed by atoms with Gasteiger partial charge in [0.25, 0.3) is 0 Å². The predicted molar refractivity (Wildman–Crippen MR) is 108 cm³/mol. The molecule has 2 atom stereocenters. The van der Waals surface area contributed by atoms with E-state index in [1.807, 2.05) is 12.3 Å². The third-order valence-electron chi connectivity index (χ3n) is 4.96. The zero-order valence-electron chi connectivity index (χ0n) is 15.4. The molecule has 1 fully saturated rings. The van der Waals surface area contributed by atoms with E-state index in [1.54, 1.807) is 4.68 Å². The van der Waals surface area contributed by atoms with Gasteiger partial charge in [0, 0.05) is 18.6 Å². The number of nitrogens with zero attached hydrogens (tertiary/aromatic N) is 4. The molecule has 2 N–H and O–H groups in total. The zero-order chi connectivity index (χ0) is 18.5. The highest BCUT2D eigenvalue weighted by Crippen LogP contribution is 2.24. The van der Waals surface area contributed by atoms with Gasteiger partial charge in [0.05, 0.1) is 5.69 Å². The molecule has 1 aliphatic heterocycles. The van der Waals surface area contributed by atoms with Crippen LogP contribution < -0.4 is 10.6 Å². The Morgan fingerprint density at radius 1 is 1.19 bits per heavy atom. The largest absolute Gasteiger partial charge is 0.309 e. The van der Waals surface area contributed by atoms with Crippen molar-refractivity contribution in [1.29, 1.82) is 0 Å². The van der Waals surface area contributed by atoms with Gasteiger partial charge >= 0.3 is 0 Å². The summed E-state index contributed by atoms with van der Waals surface area (Å²) in [5.41, 5.74) is 3.57. The van der Waals surface area contributed by atoms with E-state index in [0.717, 1.165) is 23.9 Å². The molecule has 27 heavy (non-hydrogen) atoms. The molecule has 2 aromatic carbocycles. The molecule has 0 unspecified atom stereocenters. The van der Waals surface area contributed by atoms with E-state index in [-0.39, 0.29) is 0 Å². The van der Waals surface area contributed by atoms with Crippen molar-refractivity contribution >= 4 is 11.8 Å². The van der Waals surface area contributed by atoms with E-state index in [9.17, 15) is 0 Å².